The fourth-order valence-electron chi connectivity index (χ4n) is 2.11. The van der Waals surface area contributed by atoms with Crippen molar-refractivity contribution in [2.24, 2.45) is 5.92 Å². The first-order valence-corrected chi connectivity index (χ1v) is 6.18. The van der Waals surface area contributed by atoms with E-state index < -0.39 is 12.0 Å². The Morgan fingerprint density at radius 2 is 2.47 bits per heavy atom. The summed E-state index contributed by atoms with van der Waals surface area (Å²) in [5, 5.41) is 11.7. The zero-order chi connectivity index (χ0) is 13.8. The number of nitrogens with one attached hydrogen (secondary N) is 2. The quantitative estimate of drug-likeness (QED) is 0.693. The third kappa shape index (κ3) is 3.54. The smallest absolute Gasteiger partial charge is 0.326 e. The lowest BCUT2D eigenvalue weighted by molar-refractivity contribution is -0.142. The van der Waals surface area contributed by atoms with Crippen LogP contribution in [0.3, 0.4) is 0 Å². The first kappa shape index (κ1) is 13.5. The number of ether oxygens (including phenoxy) is 1. The molecule has 3 unspecified atom stereocenters. The highest BCUT2D eigenvalue weighted by molar-refractivity contribution is 5.85. The Labute approximate surface area is 110 Å². The topological polar surface area (TPSA) is 104 Å². The lowest BCUT2D eigenvalue weighted by atomic mass is 10.0. The SMILES string of the molecule is CC1CC(C(=O)NC(Cc2cnc[nH]2)C(=O)O)CO1. The highest BCUT2D eigenvalue weighted by Gasteiger charge is 2.31. The number of H-pyrrole nitrogens is 1. The summed E-state index contributed by atoms with van der Waals surface area (Å²) in [6, 6.07) is -0.955. The van der Waals surface area contributed by atoms with Gasteiger partial charge < -0.3 is 20.1 Å². The minimum absolute atomic E-state index is 0.0478. The van der Waals surface area contributed by atoms with Crippen LogP contribution in [-0.4, -0.2) is 45.7 Å². The van der Waals surface area contributed by atoms with Crippen LogP contribution in [0.4, 0.5) is 0 Å². The summed E-state index contributed by atoms with van der Waals surface area (Å²) in [6.07, 6.45) is 3.88. The van der Waals surface area contributed by atoms with Gasteiger partial charge in [0, 0.05) is 18.3 Å². The molecule has 1 aliphatic heterocycles. The minimum Gasteiger partial charge on any atom is -0.480 e. The molecular formula is C12H17N3O4. The Morgan fingerprint density at radius 1 is 1.68 bits per heavy atom. The average molecular weight is 267 g/mol. The molecule has 104 valence electrons. The summed E-state index contributed by atoms with van der Waals surface area (Å²) in [7, 11) is 0. The fourth-order valence-corrected chi connectivity index (χ4v) is 2.11. The van der Waals surface area contributed by atoms with Crippen LogP contribution in [0.15, 0.2) is 12.5 Å². The van der Waals surface area contributed by atoms with Crippen molar-refractivity contribution in [1.82, 2.24) is 15.3 Å². The van der Waals surface area contributed by atoms with Gasteiger partial charge in [0.1, 0.15) is 6.04 Å². The Kier molecular flexibility index (Phi) is 4.16. The van der Waals surface area contributed by atoms with Crippen molar-refractivity contribution in [1.29, 1.82) is 0 Å². The number of rotatable bonds is 5. The number of carbonyl (C=O) groups is 2. The molecule has 0 spiro atoms. The van der Waals surface area contributed by atoms with Gasteiger partial charge in [-0.3, -0.25) is 4.79 Å². The summed E-state index contributed by atoms with van der Waals surface area (Å²) < 4.78 is 5.31. The molecule has 3 atom stereocenters. The van der Waals surface area contributed by atoms with Crippen molar-refractivity contribution in [3.63, 3.8) is 0 Å². The van der Waals surface area contributed by atoms with Crippen molar-refractivity contribution in [2.45, 2.75) is 31.9 Å². The van der Waals surface area contributed by atoms with Crippen LogP contribution in [0.1, 0.15) is 19.0 Å². The molecule has 0 saturated carbocycles. The van der Waals surface area contributed by atoms with E-state index in [1.807, 2.05) is 6.92 Å². The molecule has 3 N–H and O–H groups in total. The van der Waals surface area contributed by atoms with Crippen LogP contribution in [0.5, 0.6) is 0 Å². The average Bonchev–Trinajstić information content (AvgIpc) is 2.99. The van der Waals surface area contributed by atoms with E-state index in [1.165, 1.54) is 6.33 Å². The van der Waals surface area contributed by atoms with E-state index >= 15 is 0 Å². The molecule has 1 saturated heterocycles. The van der Waals surface area contributed by atoms with Crippen molar-refractivity contribution in [3.8, 4) is 0 Å². The molecule has 2 heterocycles. The number of aromatic nitrogens is 2. The third-order valence-corrected chi connectivity index (χ3v) is 3.16. The highest BCUT2D eigenvalue weighted by atomic mass is 16.5. The summed E-state index contributed by atoms with van der Waals surface area (Å²) in [5.41, 5.74) is 0.670. The second-order valence-corrected chi connectivity index (χ2v) is 4.76. The van der Waals surface area contributed by atoms with Gasteiger partial charge in [0.15, 0.2) is 0 Å². The zero-order valence-electron chi connectivity index (χ0n) is 10.6. The van der Waals surface area contributed by atoms with Crippen LogP contribution in [0, 0.1) is 5.92 Å². The Hall–Kier alpha value is -1.89. The molecule has 0 bridgehead atoms. The van der Waals surface area contributed by atoms with Gasteiger partial charge in [0.25, 0.3) is 0 Å². The van der Waals surface area contributed by atoms with Crippen LogP contribution in [-0.2, 0) is 20.7 Å². The van der Waals surface area contributed by atoms with Crippen LogP contribution < -0.4 is 5.32 Å². The number of carboxylic acid groups (broad SMARTS) is 1. The lowest BCUT2D eigenvalue weighted by Gasteiger charge is -2.16. The monoisotopic (exact) mass is 267 g/mol. The summed E-state index contributed by atoms with van der Waals surface area (Å²) in [4.78, 5) is 29.8. The number of aromatic amines is 1. The van der Waals surface area contributed by atoms with Gasteiger partial charge in [0.05, 0.1) is 25.0 Å². The second-order valence-electron chi connectivity index (χ2n) is 4.76. The molecule has 1 amide bonds. The van der Waals surface area contributed by atoms with Gasteiger partial charge >= 0.3 is 5.97 Å². The van der Waals surface area contributed by atoms with E-state index in [2.05, 4.69) is 15.3 Å². The second kappa shape index (κ2) is 5.83. The van der Waals surface area contributed by atoms with E-state index in [0.717, 1.165) is 0 Å². The summed E-state index contributed by atoms with van der Waals surface area (Å²) >= 11 is 0. The summed E-state index contributed by atoms with van der Waals surface area (Å²) in [5.74, 6) is -1.59. The molecule has 0 aromatic carbocycles. The summed E-state index contributed by atoms with van der Waals surface area (Å²) in [6.45, 7) is 2.25. The Balaban J connectivity index is 1.93. The molecule has 7 heteroatoms. The van der Waals surface area contributed by atoms with Gasteiger partial charge in [-0.05, 0) is 13.3 Å². The van der Waals surface area contributed by atoms with Crippen molar-refractivity contribution >= 4 is 11.9 Å². The van der Waals surface area contributed by atoms with Gasteiger partial charge in [-0.25, -0.2) is 9.78 Å². The lowest BCUT2D eigenvalue weighted by Crippen LogP contribution is -2.45. The molecule has 1 fully saturated rings. The van der Waals surface area contributed by atoms with E-state index in [1.54, 1.807) is 6.20 Å². The minimum atomic E-state index is -1.06. The van der Waals surface area contributed by atoms with Crippen LogP contribution >= 0.6 is 0 Å². The third-order valence-electron chi connectivity index (χ3n) is 3.16. The van der Waals surface area contributed by atoms with E-state index in [4.69, 9.17) is 9.84 Å². The van der Waals surface area contributed by atoms with Gasteiger partial charge in [-0.15, -0.1) is 0 Å². The highest BCUT2D eigenvalue weighted by Crippen LogP contribution is 2.19. The predicted molar refractivity (Wildman–Crippen MR) is 65.4 cm³/mol. The van der Waals surface area contributed by atoms with Crippen molar-refractivity contribution in [3.05, 3.63) is 18.2 Å². The Morgan fingerprint density at radius 3 is 3.00 bits per heavy atom. The first-order chi connectivity index (χ1) is 9.06. The van der Waals surface area contributed by atoms with Crippen LogP contribution in [0.2, 0.25) is 0 Å². The van der Waals surface area contributed by atoms with Gasteiger partial charge in [-0.1, -0.05) is 0 Å². The normalized spacial score (nSPS) is 24.1. The number of carbonyl (C=O) groups excluding carboxylic acids is 1. The number of aliphatic carboxylic acids is 1. The first-order valence-electron chi connectivity index (χ1n) is 6.18. The number of nitrogens with zero attached hydrogens (tertiary/aromatic N) is 1. The number of imidazole rings is 1. The molecule has 7 nitrogen and oxygen atoms in total. The number of hydrogen-bond acceptors (Lipinski definition) is 4. The Bertz CT molecular complexity index is 446. The van der Waals surface area contributed by atoms with Crippen molar-refractivity contribution < 1.29 is 19.4 Å². The van der Waals surface area contributed by atoms with Gasteiger partial charge in [-0.2, -0.15) is 0 Å². The number of hydrogen-bond donors (Lipinski definition) is 3. The predicted octanol–water partition coefficient (Wildman–Crippen LogP) is -0.0534. The van der Waals surface area contributed by atoms with E-state index in [9.17, 15) is 9.59 Å². The van der Waals surface area contributed by atoms with Crippen LogP contribution in [0.25, 0.3) is 0 Å². The van der Waals surface area contributed by atoms with Gasteiger partial charge in [0.2, 0.25) is 5.91 Å². The largest absolute Gasteiger partial charge is 0.480 e. The standard InChI is InChI=1S/C12H17N3O4/c1-7-2-8(5-19-7)11(16)15-10(12(17)18)3-9-4-13-6-14-9/h4,6-8,10H,2-3,5H2,1H3,(H,13,14)(H,15,16)(H,17,18). The zero-order valence-corrected chi connectivity index (χ0v) is 10.6. The van der Waals surface area contributed by atoms with Crippen molar-refractivity contribution in [2.75, 3.05) is 6.61 Å². The van der Waals surface area contributed by atoms with E-state index in [-0.39, 0.29) is 24.3 Å². The molecule has 1 aliphatic rings. The molecular weight excluding hydrogens is 250 g/mol. The molecule has 0 radical (unpaired) electrons. The molecule has 2 rings (SSSR count). The molecule has 19 heavy (non-hydrogen) atoms. The van der Waals surface area contributed by atoms with E-state index in [0.29, 0.717) is 18.7 Å². The fraction of sp³-hybridized carbons (Fsp3) is 0.583. The number of carboxylic acids is 1. The maximum absolute atomic E-state index is 12.0. The molecule has 1 aromatic heterocycles. The molecule has 0 aliphatic carbocycles. The maximum Gasteiger partial charge on any atom is 0.326 e. The number of amides is 1. The maximum atomic E-state index is 12.0. The molecule has 1 aromatic rings.